The van der Waals surface area contributed by atoms with Crippen LogP contribution in [0.3, 0.4) is 0 Å². The zero-order valence-electron chi connectivity index (χ0n) is 43.6. The third kappa shape index (κ3) is 22.4. The van der Waals surface area contributed by atoms with E-state index in [1.807, 2.05) is 0 Å². The number of nitrogens with one attached hydrogen (secondary N) is 5. The van der Waals surface area contributed by atoms with Gasteiger partial charge in [0.1, 0.15) is 60.1 Å². The predicted octanol–water partition coefficient (Wildman–Crippen LogP) is 4.44. The van der Waals surface area contributed by atoms with Crippen LogP contribution in [0.5, 0.6) is 0 Å². The normalized spacial score (nSPS) is 21.3. The quantitative estimate of drug-likeness (QED) is 0.0655. The molecular formula is C45H71FN8O18. The van der Waals surface area contributed by atoms with Gasteiger partial charge >= 0.3 is 48.3 Å². The average Bonchev–Trinajstić information content (AvgIpc) is 3.65. The van der Waals surface area contributed by atoms with E-state index in [4.69, 9.17) is 47.4 Å². The minimum Gasteiger partial charge on any atom is -0.462 e. The number of hydrogen-bond donors (Lipinski definition) is 5. The first kappa shape index (κ1) is 60.0. The highest BCUT2D eigenvalue weighted by molar-refractivity contribution is 6.04. The average molecular weight is 1030 g/mol. The summed E-state index contributed by atoms with van der Waals surface area (Å²) in [6, 6.07) is -0.859. The summed E-state index contributed by atoms with van der Waals surface area (Å²) in [6.45, 7) is 22.3. The number of amides is 6. The van der Waals surface area contributed by atoms with E-state index in [1.165, 1.54) is 0 Å². The molecule has 406 valence electrons. The molecule has 6 amide bonds. The molecule has 3 unspecified atom stereocenters. The third-order valence-electron chi connectivity index (χ3n) is 8.79. The second-order valence-corrected chi connectivity index (χ2v) is 20.8. The van der Waals surface area contributed by atoms with E-state index in [1.54, 1.807) is 104 Å². The van der Waals surface area contributed by atoms with Crippen LogP contribution in [-0.2, 0) is 61.8 Å². The Hall–Kier alpha value is -6.35. The lowest BCUT2D eigenvalue weighted by Gasteiger charge is -2.34. The minimum absolute atomic E-state index is 0.191. The van der Waals surface area contributed by atoms with Crippen LogP contribution in [0.1, 0.15) is 123 Å². The Bertz CT molecular complexity index is 2020. The van der Waals surface area contributed by atoms with Gasteiger partial charge in [-0.05, 0) is 104 Å². The Morgan fingerprint density at radius 1 is 0.708 bits per heavy atom. The molecule has 3 aliphatic rings. The summed E-state index contributed by atoms with van der Waals surface area (Å²) < 4.78 is 70.0. The van der Waals surface area contributed by atoms with Gasteiger partial charge in [0.2, 0.25) is 5.96 Å². The standard InChI is InChI=1S/C45H71FN8O18/c1-24-31-32(69-45(14,15)68-31)34(65-24)54-21-26(46)33(50-36(54)58)51-37(59)64-23-25(66-29(56)17-18-47-27(20-30(57)67-41(2,3)4)49-38(60)70-42(5,6)7)22-63-28(55)16-19-48-35(52-39(61)71-43(8,9)10)53-40(62)72-44(11,12)13/h21,24-25,31-34H,16-20,22-23H2,1-15H3,(H,50,58)(H,51,59)(H,47,49,60)(H2,48,52,53,61,62)/t24-,25?,31+,32?,33?,34-/m1/s1. The summed E-state index contributed by atoms with van der Waals surface area (Å²) in [5, 5.41) is 11.4. The molecule has 0 radical (unpaired) electrons. The van der Waals surface area contributed by atoms with Crippen LogP contribution in [-0.4, -0.2) is 156 Å². The maximum atomic E-state index is 15.5. The lowest BCUT2D eigenvalue weighted by molar-refractivity contribution is -0.196. The van der Waals surface area contributed by atoms with Crippen LogP contribution in [0.15, 0.2) is 22.0 Å². The zero-order valence-corrected chi connectivity index (χ0v) is 43.6. The number of carbonyl (C=O) groups is 8. The molecule has 27 heteroatoms. The topological polar surface area (TPSA) is 317 Å². The largest absolute Gasteiger partial charge is 0.462 e. The van der Waals surface area contributed by atoms with Crippen molar-refractivity contribution in [3.05, 3.63) is 12.0 Å². The summed E-state index contributed by atoms with van der Waals surface area (Å²) >= 11 is 0. The van der Waals surface area contributed by atoms with Crippen LogP contribution >= 0.6 is 0 Å². The van der Waals surface area contributed by atoms with Crippen LogP contribution in [0, 0.1) is 0 Å². The predicted molar refractivity (Wildman–Crippen MR) is 249 cm³/mol. The van der Waals surface area contributed by atoms with Crippen molar-refractivity contribution in [3.8, 4) is 0 Å². The molecule has 0 aromatic carbocycles. The first-order valence-corrected chi connectivity index (χ1v) is 23.0. The number of hydrogen-bond acceptors (Lipinski definition) is 20. The number of halogens is 1. The zero-order chi connectivity index (χ0) is 54.6. The number of amidine groups is 1. The molecule has 2 saturated heterocycles. The van der Waals surface area contributed by atoms with Gasteiger partial charge in [0.05, 0.1) is 32.0 Å². The molecule has 26 nitrogen and oxygen atoms in total. The fourth-order valence-electron chi connectivity index (χ4n) is 6.30. The third-order valence-corrected chi connectivity index (χ3v) is 8.79. The monoisotopic (exact) mass is 1030 g/mol. The van der Waals surface area contributed by atoms with Crippen molar-refractivity contribution in [2.45, 2.75) is 188 Å². The van der Waals surface area contributed by atoms with Gasteiger partial charge in [-0.1, -0.05) is 0 Å². The van der Waals surface area contributed by atoms with Gasteiger partial charge in [-0.25, -0.2) is 28.4 Å². The van der Waals surface area contributed by atoms with E-state index >= 15 is 4.39 Å². The van der Waals surface area contributed by atoms with Crippen LogP contribution in [0.4, 0.5) is 28.4 Å². The number of fused-ring (bicyclic) bond motifs is 1. The highest BCUT2D eigenvalue weighted by atomic mass is 19.1. The number of guanidine groups is 1. The molecule has 6 atom stereocenters. The van der Waals surface area contributed by atoms with Gasteiger partial charge < -0.3 is 52.7 Å². The van der Waals surface area contributed by atoms with Crippen molar-refractivity contribution in [1.82, 2.24) is 31.5 Å². The number of nitrogens with zero attached hydrogens (tertiary/aromatic N) is 3. The van der Waals surface area contributed by atoms with Gasteiger partial charge in [0.15, 0.2) is 30.1 Å². The Morgan fingerprint density at radius 3 is 1.76 bits per heavy atom. The molecule has 0 aliphatic carbocycles. The minimum atomic E-state index is -1.71. The molecule has 3 rings (SSSR count). The molecule has 3 heterocycles. The summed E-state index contributed by atoms with van der Waals surface area (Å²) in [5.74, 6) is -5.27. The van der Waals surface area contributed by atoms with E-state index in [0.29, 0.717) is 0 Å². The Balaban J connectivity index is 1.74. The second kappa shape index (κ2) is 24.9. The number of ether oxygens (including phenoxy) is 10. The molecular weight excluding hydrogens is 960 g/mol. The molecule has 5 N–H and O–H groups in total. The van der Waals surface area contributed by atoms with Gasteiger partial charge in [-0.2, -0.15) is 0 Å². The van der Waals surface area contributed by atoms with E-state index in [2.05, 4.69) is 36.6 Å². The Morgan fingerprint density at radius 2 is 1.21 bits per heavy atom. The summed E-state index contributed by atoms with van der Waals surface area (Å²) in [7, 11) is 0. The first-order valence-electron chi connectivity index (χ1n) is 23.0. The van der Waals surface area contributed by atoms with E-state index in [9.17, 15) is 38.4 Å². The number of rotatable bonds is 15. The van der Waals surface area contributed by atoms with Crippen molar-refractivity contribution < 1.29 is 90.1 Å². The Kier molecular flexibility index (Phi) is 20.7. The fraction of sp³-hybridized carbons (Fsp3) is 0.733. The fourth-order valence-corrected chi connectivity index (χ4v) is 6.30. The number of carbonyl (C=O) groups excluding carboxylic acids is 8. The number of urea groups is 1. The smallest absolute Gasteiger partial charge is 0.414 e. The molecule has 0 spiro atoms. The highest BCUT2D eigenvalue weighted by Gasteiger charge is 2.56. The van der Waals surface area contributed by atoms with Crippen LogP contribution in [0.25, 0.3) is 0 Å². The van der Waals surface area contributed by atoms with Gasteiger partial charge in [0, 0.05) is 6.20 Å². The second-order valence-electron chi connectivity index (χ2n) is 20.8. The summed E-state index contributed by atoms with van der Waals surface area (Å²) in [4.78, 5) is 112. The van der Waals surface area contributed by atoms with E-state index < -0.39 is 158 Å². The van der Waals surface area contributed by atoms with Crippen molar-refractivity contribution in [2.24, 2.45) is 9.98 Å². The molecule has 0 aromatic rings. The number of aliphatic imine (C=N–C) groups is 2. The lowest BCUT2D eigenvalue weighted by atomic mass is 10.1. The molecule has 3 aliphatic heterocycles. The lowest BCUT2D eigenvalue weighted by Crippen LogP contribution is -2.58. The molecule has 0 saturated carbocycles. The molecule has 2 fully saturated rings. The molecule has 72 heavy (non-hydrogen) atoms. The summed E-state index contributed by atoms with van der Waals surface area (Å²) in [6.07, 6.45) is -10.9. The van der Waals surface area contributed by atoms with Crippen LogP contribution < -0.4 is 26.6 Å². The molecule has 0 aromatic heterocycles. The molecule has 0 bridgehead atoms. The van der Waals surface area contributed by atoms with Gasteiger partial charge in [0.25, 0.3) is 0 Å². The van der Waals surface area contributed by atoms with Crippen molar-refractivity contribution in [3.63, 3.8) is 0 Å². The van der Waals surface area contributed by atoms with Crippen molar-refractivity contribution >= 4 is 60.1 Å². The van der Waals surface area contributed by atoms with Crippen molar-refractivity contribution in [2.75, 3.05) is 26.3 Å². The number of esters is 3. The van der Waals surface area contributed by atoms with E-state index in [0.717, 1.165) is 11.1 Å². The SMILES string of the molecule is C[C@H]1O[C@@H](N2C=C(F)C(NC(=O)OCC(COC(=O)CCN=C(NC(=O)OC(C)(C)C)NC(=O)OC(C)(C)C)OC(=O)CCN=C(CC(=O)OC(C)(C)C)NC(=O)OC(C)(C)C)NC2=O)C2OC(C)(C)O[C@H]21. The maximum Gasteiger partial charge on any atom is 0.414 e. The maximum absolute atomic E-state index is 15.5. The summed E-state index contributed by atoms with van der Waals surface area (Å²) in [5.41, 5.74) is -3.60. The van der Waals surface area contributed by atoms with Crippen LogP contribution in [0.2, 0.25) is 0 Å². The first-order chi connectivity index (χ1) is 33.0. The number of alkyl carbamates (subject to hydrolysis) is 4. The van der Waals surface area contributed by atoms with Gasteiger partial charge in [-0.15, -0.1) is 0 Å². The van der Waals surface area contributed by atoms with Crippen molar-refractivity contribution in [1.29, 1.82) is 0 Å². The van der Waals surface area contributed by atoms with Gasteiger partial charge in [-0.3, -0.25) is 50.5 Å². The van der Waals surface area contributed by atoms with E-state index in [-0.39, 0.29) is 18.9 Å². The Labute approximate surface area is 417 Å². The highest BCUT2D eigenvalue weighted by Crippen LogP contribution is 2.40.